The van der Waals surface area contributed by atoms with E-state index < -0.39 is 0 Å². The predicted molar refractivity (Wildman–Crippen MR) is 112 cm³/mol. The molecule has 144 valence electrons. The number of halogens is 2. The lowest BCUT2D eigenvalue weighted by molar-refractivity contribution is 0.0386. The molecule has 0 amide bonds. The number of ether oxygens (including phenoxy) is 1. The Morgan fingerprint density at radius 2 is 2.29 bits per heavy atom. The van der Waals surface area contributed by atoms with Gasteiger partial charge in [0, 0.05) is 34.3 Å². The Balaban J connectivity index is 1.91. The first-order valence-electron chi connectivity index (χ1n) is 8.87. The molecular formula is C19H17Cl2N5OS. The van der Waals surface area contributed by atoms with E-state index in [9.17, 15) is 5.26 Å². The molecule has 1 aliphatic heterocycles. The molecular weight excluding hydrogens is 417 g/mol. The highest BCUT2D eigenvalue weighted by atomic mass is 35.5. The smallest absolute Gasteiger partial charge is 0.166 e. The lowest BCUT2D eigenvalue weighted by Crippen LogP contribution is -2.42. The van der Waals surface area contributed by atoms with Crippen molar-refractivity contribution < 1.29 is 4.74 Å². The first kappa shape index (κ1) is 19.2. The summed E-state index contributed by atoms with van der Waals surface area (Å²) in [6.07, 6.45) is 2.53. The molecule has 6 nitrogen and oxygen atoms in total. The van der Waals surface area contributed by atoms with E-state index in [1.165, 1.54) is 17.7 Å². The maximum atomic E-state index is 10.1. The summed E-state index contributed by atoms with van der Waals surface area (Å²) in [5.74, 6) is 0.606. The van der Waals surface area contributed by atoms with Crippen LogP contribution in [0.25, 0.3) is 21.8 Å². The quantitative estimate of drug-likeness (QED) is 0.626. The number of aromatic amines is 1. The summed E-state index contributed by atoms with van der Waals surface area (Å²) in [7, 11) is 0. The summed E-state index contributed by atoms with van der Waals surface area (Å²) in [6, 6.07) is 7.68. The lowest BCUT2D eigenvalue weighted by Gasteiger charge is -2.33. The van der Waals surface area contributed by atoms with Crippen molar-refractivity contribution in [3.8, 4) is 27.9 Å². The van der Waals surface area contributed by atoms with Gasteiger partial charge in [-0.05, 0) is 18.6 Å². The van der Waals surface area contributed by atoms with Gasteiger partial charge in [-0.3, -0.25) is 5.10 Å². The van der Waals surface area contributed by atoms with Crippen LogP contribution in [0.5, 0.6) is 0 Å². The van der Waals surface area contributed by atoms with Crippen molar-refractivity contribution in [1.82, 2.24) is 15.2 Å². The van der Waals surface area contributed by atoms with Crippen molar-refractivity contribution in [3.05, 3.63) is 40.1 Å². The number of anilines is 1. The van der Waals surface area contributed by atoms with Crippen molar-refractivity contribution in [1.29, 1.82) is 5.26 Å². The molecule has 0 radical (unpaired) electrons. The standard InChI is InChI=1S/C19H17Cl2N5OS/c1-2-12-9-26(5-6-27-12)19-14(8-22)16(13-4-3-11(20)7-15(13)21)17(28-19)18-23-10-24-25-18/h3-4,7,10,12H,2,5-6,9H2,1H3,(H,23,24,25)/t12-/m1/s1. The van der Waals surface area contributed by atoms with Crippen LogP contribution < -0.4 is 4.90 Å². The average Bonchev–Trinajstić information content (AvgIpc) is 3.35. The molecule has 1 fully saturated rings. The Morgan fingerprint density at radius 3 is 2.96 bits per heavy atom. The topological polar surface area (TPSA) is 77.8 Å². The molecule has 1 aromatic carbocycles. The van der Waals surface area contributed by atoms with Crippen LogP contribution in [0.2, 0.25) is 10.0 Å². The molecule has 4 rings (SSSR count). The second-order valence-corrected chi connectivity index (χ2v) is 8.25. The zero-order valence-corrected chi connectivity index (χ0v) is 17.4. The minimum atomic E-state index is 0.152. The molecule has 0 spiro atoms. The van der Waals surface area contributed by atoms with Crippen molar-refractivity contribution in [2.24, 2.45) is 0 Å². The summed E-state index contributed by atoms with van der Waals surface area (Å²) in [4.78, 5) is 7.35. The summed E-state index contributed by atoms with van der Waals surface area (Å²) >= 11 is 14.1. The van der Waals surface area contributed by atoms with E-state index in [2.05, 4.69) is 33.1 Å². The Bertz CT molecular complexity index is 1030. The monoisotopic (exact) mass is 433 g/mol. The number of rotatable bonds is 4. The summed E-state index contributed by atoms with van der Waals surface area (Å²) in [6.45, 7) is 4.22. The van der Waals surface area contributed by atoms with Gasteiger partial charge in [-0.2, -0.15) is 10.4 Å². The molecule has 28 heavy (non-hydrogen) atoms. The normalized spacial score (nSPS) is 16.9. The Kier molecular flexibility index (Phi) is 5.56. The summed E-state index contributed by atoms with van der Waals surface area (Å²) in [5.41, 5.74) is 2.08. The SMILES string of the molecule is CC[C@@H]1CN(c2sc(-c3ncn[nH]3)c(-c3ccc(Cl)cc3Cl)c2C#N)CCO1. The van der Waals surface area contributed by atoms with Crippen molar-refractivity contribution in [3.63, 3.8) is 0 Å². The van der Waals surface area contributed by atoms with Gasteiger partial charge in [0.05, 0.1) is 23.2 Å². The van der Waals surface area contributed by atoms with Crippen LogP contribution >= 0.6 is 34.5 Å². The third-order valence-electron chi connectivity index (χ3n) is 4.71. The number of hydrogen-bond acceptors (Lipinski definition) is 6. The maximum absolute atomic E-state index is 10.1. The summed E-state index contributed by atoms with van der Waals surface area (Å²) < 4.78 is 5.79. The zero-order chi connectivity index (χ0) is 19.7. The van der Waals surface area contributed by atoms with E-state index in [1.807, 2.05) is 6.07 Å². The molecule has 2 aromatic heterocycles. The van der Waals surface area contributed by atoms with E-state index in [0.29, 0.717) is 28.0 Å². The van der Waals surface area contributed by atoms with Crippen LogP contribution in [0, 0.1) is 11.3 Å². The number of H-pyrrole nitrogens is 1. The van der Waals surface area contributed by atoms with Crippen molar-refractivity contribution in [2.45, 2.75) is 19.4 Å². The maximum Gasteiger partial charge on any atom is 0.166 e. The van der Waals surface area contributed by atoms with Crippen LogP contribution in [0.4, 0.5) is 5.00 Å². The van der Waals surface area contributed by atoms with Gasteiger partial charge in [-0.1, -0.05) is 36.2 Å². The minimum absolute atomic E-state index is 0.152. The van der Waals surface area contributed by atoms with E-state index >= 15 is 0 Å². The first-order valence-corrected chi connectivity index (χ1v) is 10.4. The van der Waals surface area contributed by atoms with Crippen LogP contribution in [0.3, 0.4) is 0 Å². The van der Waals surface area contributed by atoms with Gasteiger partial charge in [0.1, 0.15) is 17.4 Å². The Morgan fingerprint density at radius 1 is 1.43 bits per heavy atom. The second kappa shape index (κ2) is 8.10. The summed E-state index contributed by atoms with van der Waals surface area (Å²) in [5, 5.41) is 18.9. The molecule has 1 saturated heterocycles. The number of nitriles is 1. The van der Waals surface area contributed by atoms with E-state index in [4.69, 9.17) is 27.9 Å². The molecule has 1 atom stereocenters. The second-order valence-electron chi connectivity index (χ2n) is 6.40. The predicted octanol–water partition coefficient (Wildman–Crippen LogP) is 4.99. The highest BCUT2D eigenvalue weighted by Crippen LogP contribution is 2.48. The van der Waals surface area contributed by atoms with Crippen LogP contribution in [-0.4, -0.2) is 41.0 Å². The van der Waals surface area contributed by atoms with Crippen molar-refractivity contribution >= 4 is 39.5 Å². The van der Waals surface area contributed by atoms with Gasteiger partial charge in [0.2, 0.25) is 0 Å². The number of aromatic nitrogens is 3. The van der Waals surface area contributed by atoms with Gasteiger partial charge in [-0.15, -0.1) is 11.3 Å². The number of nitrogens with one attached hydrogen (secondary N) is 1. The third-order valence-corrected chi connectivity index (χ3v) is 6.52. The van der Waals surface area contributed by atoms with E-state index in [1.54, 1.807) is 12.1 Å². The zero-order valence-electron chi connectivity index (χ0n) is 15.1. The molecule has 0 unspecified atom stereocenters. The van der Waals surface area contributed by atoms with E-state index in [-0.39, 0.29) is 6.10 Å². The third kappa shape index (κ3) is 3.49. The van der Waals surface area contributed by atoms with Crippen LogP contribution in [-0.2, 0) is 4.74 Å². The van der Waals surface area contributed by atoms with Crippen LogP contribution in [0.1, 0.15) is 18.9 Å². The molecule has 1 aliphatic rings. The highest BCUT2D eigenvalue weighted by Gasteiger charge is 2.29. The molecule has 3 aromatic rings. The molecule has 1 N–H and O–H groups in total. The fourth-order valence-corrected chi connectivity index (χ4v) is 5.08. The largest absolute Gasteiger partial charge is 0.375 e. The molecule has 0 bridgehead atoms. The fourth-order valence-electron chi connectivity index (χ4n) is 3.33. The number of morpholine rings is 1. The highest BCUT2D eigenvalue weighted by molar-refractivity contribution is 7.20. The average molecular weight is 434 g/mol. The van der Waals surface area contributed by atoms with Gasteiger partial charge in [0.15, 0.2) is 5.82 Å². The lowest BCUT2D eigenvalue weighted by atomic mass is 10.0. The fraction of sp³-hybridized carbons (Fsp3) is 0.316. The first-order chi connectivity index (χ1) is 13.6. The number of hydrogen-bond donors (Lipinski definition) is 1. The molecule has 0 aliphatic carbocycles. The Hall–Kier alpha value is -2.11. The molecule has 9 heteroatoms. The van der Waals surface area contributed by atoms with Crippen molar-refractivity contribution in [2.75, 3.05) is 24.6 Å². The number of benzene rings is 1. The Labute approximate surface area is 176 Å². The molecule has 0 saturated carbocycles. The van der Waals surface area contributed by atoms with Gasteiger partial charge >= 0.3 is 0 Å². The number of thiophene rings is 1. The van der Waals surface area contributed by atoms with Crippen LogP contribution in [0.15, 0.2) is 24.5 Å². The van der Waals surface area contributed by atoms with E-state index in [0.717, 1.165) is 40.5 Å². The van der Waals surface area contributed by atoms with Gasteiger partial charge in [0.25, 0.3) is 0 Å². The van der Waals surface area contributed by atoms with Gasteiger partial charge < -0.3 is 9.64 Å². The van der Waals surface area contributed by atoms with Gasteiger partial charge in [-0.25, -0.2) is 4.98 Å². The molecule has 3 heterocycles. The minimum Gasteiger partial charge on any atom is -0.375 e. The number of nitrogens with zero attached hydrogens (tertiary/aromatic N) is 4.